The summed E-state index contributed by atoms with van der Waals surface area (Å²) in [6.07, 6.45) is 0. The molecule has 25 heavy (non-hydrogen) atoms. The maximum absolute atomic E-state index is 11.8. The number of aromatic carboxylic acids is 1. The average Bonchev–Trinajstić information content (AvgIpc) is 2.92. The van der Waals surface area contributed by atoms with Gasteiger partial charge in [0, 0.05) is 11.1 Å². The molecule has 1 N–H and O–H groups in total. The zero-order valence-electron chi connectivity index (χ0n) is 14.9. The summed E-state index contributed by atoms with van der Waals surface area (Å²) in [6, 6.07) is 11.4. The quantitative estimate of drug-likeness (QED) is 0.756. The fourth-order valence-corrected chi connectivity index (χ4v) is 3.17. The number of benzene rings is 1. The topological polar surface area (TPSA) is 64.3 Å². The molecule has 0 atom stereocenters. The van der Waals surface area contributed by atoms with Crippen molar-refractivity contribution in [3.05, 3.63) is 59.0 Å². The van der Waals surface area contributed by atoms with Crippen LogP contribution in [0.1, 0.15) is 47.2 Å². The van der Waals surface area contributed by atoms with Gasteiger partial charge in [0.15, 0.2) is 0 Å². The lowest BCUT2D eigenvalue weighted by Gasteiger charge is -2.15. The Hall–Kier alpha value is -2.82. The molecule has 0 unspecified atom stereocenters. The molecule has 2 heterocycles. The monoisotopic (exact) mass is 338 g/mol. The summed E-state index contributed by atoms with van der Waals surface area (Å²) in [4.78, 5) is 16.3. The van der Waals surface area contributed by atoms with Gasteiger partial charge in [-0.25, -0.2) is 4.79 Å². The summed E-state index contributed by atoms with van der Waals surface area (Å²) < 4.78 is 7.23. The lowest BCUT2D eigenvalue weighted by Crippen LogP contribution is -2.11. The van der Waals surface area contributed by atoms with E-state index in [1.807, 2.05) is 41.8 Å². The molecule has 0 fully saturated rings. The highest BCUT2D eigenvalue weighted by Crippen LogP contribution is 2.33. The van der Waals surface area contributed by atoms with Crippen LogP contribution in [0.3, 0.4) is 0 Å². The van der Waals surface area contributed by atoms with Crippen LogP contribution in [-0.4, -0.2) is 27.7 Å². The van der Waals surface area contributed by atoms with E-state index < -0.39 is 5.97 Å². The Morgan fingerprint density at radius 1 is 1.28 bits per heavy atom. The van der Waals surface area contributed by atoms with E-state index in [1.165, 1.54) is 0 Å². The van der Waals surface area contributed by atoms with Gasteiger partial charge in [-0.2, -0.15) is 0 Å². The van der Waals surface area contributed by atoms with E-state index in [1.54, 1.807) is 13.2 Å². The number of aromatic nitrogens is 2. The second kappa shape index (κ2) is 6.59. The van der Waals surface area contributed by atoms with Crippen LogP contribution in [0.2, 0.25) is 0 Å². The first kappa shape index (κ1) is 17.0. The molecule has 2 aromatic heterocycles. The highest BCUT2D eigenvalue weighted by molar-refractivity contribution is 5.96. The predicted octanol–water partition coefficient (Wildman–Crippen LogP) is 4.22. The van der Waals surface area contributed by atoms with Gasteiger partial charge in [0.25, 0.3) is 0 Å². The molecule has 0 aliphatic rings. The normalized spacial score (nSPS) is 11.2. The fraction of sp³-hybridized carbons (Fsp3) is 0.300. The van der Waals surface area contributed by atoms with E-state index in [-0.39, 0.29) is 11.6 Å². The van der Waals surface area contributed by atoms with Crippen molar-refractivity contribution in [1.82, 2.24) is 9.55 Å². The van der Waals surface area contributed by atoms with E-state index in [2.05, 4.69) is 18.8 Å². The Kier molecular flexibility index (Phi) is 4.49. The van der Waals surface area contributed by atoms with Gasteiger partial charge in [0.1, 0.15) is 11.4 Å². The summed E-state index contributed by atoms with van der Waals surface area (Å²) in [5, 5.41) is 10.6. The number of methoxy groups -OCH3 is 1. The van der Waals surface area contributed by atoms with Crippen LogP contribution in [0.4, 0.5) is 0 Å². The molecule has 0 bridgehead atoms. The van der Waals surface area contributed by atoms with Crippen LogP contribution in [0.5, 0.6) is 5.75 Å². The molecular weight excluding hydrogens is 316 g/mol. The van der Waals surface area contributed by atoms with Crippen molar-refractivity contribution in [3.63, 3.8) is 0 Å². The molecule has 5 nitrogen and oxygen atoms in total. The minimum absolute atomic E-state index is 0.235. The minimum atomic E-state index is -0.947. The second-order valence-corrected chi connectivity index (χ2v) is 6.50. The largest absolute Gasteiger partial charge is 0.497 e. The summed E-state index contributed by atoms with van der Waals surface area (Å²) in [5.74, 6) is 0.0230. The average molecular weight is 338 g/mol. The molecule has 3 aromatic rings. The maximum Gasteiger partial charge on any atom is 0.352 e. The van der Waals surface area contributed by atoms with E-state index in [0.29, 0.717) is 6.54 Å². The number of hydrogen-bond acceptors (Lipinski definition) is 3. The fourth-order valence-electron chi connectivity index (χ4n) is 3.17. The third kappa shape index (κ3) is 3.22. The van der Waals surface area contributed by atoms with Gasteiger partial charge in [-0.3, -0.25) is 4.98 Å². The number of rotatable bonds is 5. The number of ether oxygens (including phenoxy) is 1. The standard InChI is InChI=1S/C20H22N2O3/c1-12(2)17-10-16(25-4)8-14-9-18(20(23)24)22(19(14)17)11-15-7-5-6-13(3)21-15/h5-10,12H,11H2,1-4H3,(H,23,24). The van der Waals surface area contributed by atoms with E-state index >= 15 is 0 Å². The Morgan fingerprint density at radius 2 is 2.04 bits per heavy atom. The molecule has 1 aromatic carbocycles. The Morgan fingerprint density at radius 3 is 2.64 bits per heavy atom. The molecule has 0 aliphatic heterocycles. The van der Waals surface area contributed by atoms with Crippen molar-refractivity contribution in [2.24, 2.45) is 0 Å². The maximum atomic E-state index is 11.8. The van der Waals surface area contributed by atoms with Crippen LogP contribution in [0.15, 0.2) is 36.4 Å². The van der Waals surface area contributed by atoms with E-state index in [4.69, 9.17) is 4.74 Å². The molecule has 130 valence electrons. The lowest BCUT2D eigenvalue weighted by molar-refractivity contribution is 0.0686. The molecule has 0 radical (unpaired) electrons. The van der Waals surface area contributed by atoms with Crippen molar-refractivity contribution >= 4 is 16.9 Å². The number of carboxylic acids is 1. The molecule has 0 aliphatic carbocycles. The number of aryl methyl sites for hydroxylation is 1. The number of carbonyl (C=O) groups is 1. The summed E-state index contributed by atoms with van der Waals surface area (Å²) in [6.45, 7) is 6.53. The Balaban J connectivity index is 2.27. The predicted molar refractivity (Wildman–Crippen MR) is 97.6 cm³/mol. The number of fused-ring (bicyclic) bond motifs is 1. The second-order valence-electron chi connectivity index (χ2n) is 6.50. The van der Waals surface area contributed by atoms with Gasteiger partial charge in [0.2, 0.25) is 0 Å². The molecule has 0 saturated heterocycles. The number of carboxylic acid groups (broad SMARTS) is 1. The molecule has 3 rings (SSSR count). The third-order valence-corrected chi connectivity index (χ3v) is 4.34. The van der Waals surface area contributed by atoms with E-state index in [0.717, 1.165) is 33.6 Å². The summed E-state index contributed by atoms with van der Waals surface area (Å²) >= 11 is 0. The van der Waals surface area contributed by atoms with Crippen LogP contribution in [0.25, 0.3) is 10.9 Å². The first-order valence-corrected chi connectivity index (χ1v) is 8.27. The van der Waals surface area contributed by atoms with Gasteiger partial charge in [-0.15, -0.1) is 0 Å². The van der Waals surface area contributed by atoms with E-state index in [9.17, 15) is 9.90 Å². The molecule has 5 heteroatoms. The third-order valence-electron chi connectivity index (χ3n) is 4.34. The van der Waals surface area contributed by atoms with Gasteiger partial charge in [-0.05, 0) is 48.7 Å². The smallest absolute Gasteiger partial charge is 0.352 e. The zero-order chi connectivity index (χ0) is 18.1. The van der Waals surface area contributed by atoms with Gasteiger partial charge >= 0.3 is 5.97 Å². The van der Waals surface area contributed by atoms with Crippen LogP contribution < -0.4 is 4.74 Å². The van der Waals surface area contributed by atoms with Crippen molar-refractivity contribution in [3.8, 4) is 5.75 Å². The zero-order valence-corrected chi connectivity index (χ0v) is 14.9. The van der Waals surface area contributed by atoms with Crippen LogP contribution in [-0.2, 0) is 6.54 Å². The minimum Gasteiger partial charge on any atom is -0.497 e. The number of pyridine rings is 1. The van der Waals surface area contributed by atoms with Crippen molar-refractivity contribution < 1.29 is 14.6 Å². The molecule has 0 saturated carbocycles. The number of nitrogens with zero attached hydrogens (tertiary/aromatic N) is 2. The highest BCUT2D eigenvalue weighted by Gasteiger charge is 2.20. The Labute approximate surface area is 146 Å². The molecule has 0 spiro atoms. The highest BCUT2D eigenvalue weighted by atomic mass is 16.5. The molecule has 0 amide bonds. The van der Waals surface area contributed by atoms with Crippen molar-refractivity contribution in [2.45, 2.75) is 33.2 Å². The van der Waals surface area contributed by atoms with Crippen LogP contribution >= 0.6 is 0 Å². The molecular formula is C20H22N2O3. The number of hydrogen-bond donors (Lipinski definition) is 1. The first-order valence-electron chi connectivity index (χ1n) is 8.27. The summed E-state index contributed by atoms with van der Waals surface area (Å²) in [5.41, 5.74) is 4.00. The van der Waals surface area contributed by atoms with Crippen molar-refractivity contribution in [2.75, 3.05) is 7.11 Å². The van der Waals surface area contributed by atoms with Gasteiger partial charge < -0.3 is 14.4 Å². The van der Waals surface area contributed by atoms with Crippen LogP contribution in [0, 0.1) is 6.92 Å². The van der Waals surface area contributed by atoms with Crippen molar-refractivity contribution in [1.29, 1.82) is 0 Å². The van der Waals surface area contributed by atoms with Gasteiger partial charge in [0.05, 0.1) is 24.9 Å². The SMILES string of the molecule is COc1cc(C(C)C)c2c(c1)cc(C(=O)O)n2Cc1cccc(C)n1. The Bertz CT molecular complexity index is 942. The van der Waals surface area contributed by atoms with Gasteiger partial charge in [-0.1, -0.05) is 19.9 Å². The lowest BCUT2D eigenvalue weighted by atomic mass is 10.00. The summed E-state index contributed by atoms with van der Waals surface area (Å²) in [7, 11) is 1.62. The first-order chi connectivity index (χ1) is 11.9.